The molecule has 0 aromatic heterocycles. The van der Waals surface area contributed by atoms with Crippen LogP contribution in [0.4, 0.5) is 0 Å². The zero-order valence-electron chi connectivity index (χ0n) is 4.91. The quantitative estimate of drug-likeness (QED) is 0.606. The van der Waals surface area contributed by atoms with Crippen LogP contribution in [-0.4, -0.2) is 16.0 Å². The second kappa shape index (κ2) is 6.77. The van der Waals surface area contributed by atoms with Gasteiger partial charge >= 0.3 is 50.8 Å². The topological polar surface area (TPSA) is 0 Å². The fraction of sp³-hybridized carbons (Fsp3) is 0. The predicted molar refractivity (Wildman–Crippen MR) is 39.1 cm³/mol. The van der Waals surface area contributed by atoms with Gasteiger partial charge in [0.15, 0.2) is 0 Å². The Morgan fingerprint density at radius 1 is 1.00 bits per heavy atom. The molecule has 0 saturated carbocycles. The molecule has 1 aromatic rings. The Labute approximate surface area is 82.4 Å². The molecule has 1 aromatic carbocycles. The van der Waals surface area contributed by atoms with Crippen molar-refractivity contribution < 1.29 is 19.5 Å². The summed E-state index contributed by atoms with van der Waals surface area (Å²) in [5, 5.41) is 0. The van der Waals surface area contributed by atoms with Gasteiger partial charge in [0, 0.05) is 19.5 Å². The smallest absolute Gasteiger partial charge is 0 e. The molecule has 0 fully saturated rings. The van der Waals surface area contributed by atoms with Gasteiger partial charge in [0.25, 0.3) is 0 Å². The van der Waals surface area contributed by atoms with Crippen LogP contribution in [0, 0.1) is 0 Å². The maximum absolute atomic E-state index is 2.90. The Kier molecular flexibility index (Phi) is 9.28. The summed E-state index contributed by atoms with van der Waals surface area (Å²) in [5.41, 5.74) is 0. The van der Waals surface area contributed by atoms with Crippen LogP contribution in [0.2, 0.25) is 0 Å². The molecule has 1 rings (SSSR count). The number of hydrogen-bond donors (Lipinski definition) is 0. The molecule has 0 unspecified atom stereocenters. The Balaban J connectivity index is 0. The van der Waals surface area contributed by atoms with Gasteiger partial charge in [0.05, 0.1) is 0 Å². The van der Waals surface area contributed by atoms with E-state index in [9.17, 15) is 0 Å². The van der Waals surface area contributed by atoms with Crippen molar-refractivity contribution in [2.75, 3.05) is 0 Å². The molecule has 0 nitrogen and oxygen atoms in total. The first-order valence-corrected chi connectivity index (χ1v) is 2.97. The molecule has 0 aliphatic carbocycles. The monoisotopic (exact) mass is 257 g/mol. The summed E-state index contributed by atoms with van der Waals surface area (Å²) >= 11 is 2.90. The van der Waals surface area contributed by atoms with E-state index in [-0.39, 0.29) is 31.9 Å². The summed E-state index contributed by atoms with van der Waals surface area (Å²) in [6.45, 7) is 0. The molecule has 9 heavy (non-hydrogen) atoms. The van der Waals surface area contributed by atoms with Crippen LogP contribution in [0.3, 0.4) is 0 Å². The van der Waals surface area contributed by atoms with Gasteiger partial charge in [-0.15, -0.1) is 12.4 Å². The number of halogens is 1. The number of rotatable bonds is 0. The van der Waals surface area contributed by atoms with E-state index < -0.39 is 0 Å². The minimum Gasteiger partial charge on any atom is 0 e. The average molecular weight is 258 g/mol. The van der Waals surface area contributed by atoms with E-state index in [4.69, 9.17) is 0 Å². The van der Waals surface area contributed by atoms with Crippen molar-refractivity contribution in [3.05, 3.63) is 30.3 Å². The normalized spacial score (nSPS) is 6.67. The van der Waals surface area contributed by atoms with Gasteiger partial charge in [-0.3, -0.25) is 0 Å². The summed E-state index contributed by atoms with van der Waals surface area (Å²) in [5.74, 6) is 0. The van der Waals surface area contributed by atoms with Crippen molar-refractivity contribution in [2.45, 2.75) is 0 Å². The maximum atomic E-state index is 2.90. The van der Waals surface area contributed by atoms with Gasteiger partial charge in [0.2, 0.25) is 0 Å². The summed E-state index contributed by atoms with van der Waals surface area (Å²) in [4.78, 5) is 0. The molecule has 3 heteroatoms. The van der Waals surface area contributed by atoms with Crippen molar-refractivity contribution in [3.8, 4) is 0 Å². The first-order chi connectivity index (χ1) is 3.39. The van der Waals surface area contributed by atoms with Crippen molar-refractivity contribution in [1.29, 1.82) is 0 Å². The Hall–Kier alpha value is 0.653. The molecule has 0 atom stereocenters. The molecular formula is C6H6ClSeZn. The summed E-state index contributed by atoms with van der Waals surface area (Å²) in [6.07, 6.45) is 0. The number of benzene rings is 1. The van der Waals surface area contributed by atoms with E-state index in [0.717, 1.165) is 0 Å². The Bertz CT molecular complexity index is 143. The minimum absolute atomic E-state index is 0. The average Bonchev–Trinajstić information content (AvgIpc) is 1.69. The van der Waals surface area contributed by atoms with Crippen LogP contribution < -0.4 is 4.46 Å². The maximum Gasteiger partial charge on any atom is 0 e. The predicted octanol–water partition coefficient (Wildman–Crippen LogP) is 0.900. The van der Waals surface area contributed by atoms with E-state index in [1.54, 1.807) is 0 Å². The second-order valence-electron chi connectivity index (χ2n) is 1.31. The first kappa shape index (κ1) is 12.3. The van der Waals surface area contributed by atoms with Crippen molar-refractivity contribution in [2.24, 2.45) is 0 Å². The van der Waals surface area contributed by atoms with Gasteiger partial charge in [-0.2, -0.15) is 0 Å². The molecule has 45 valence electrons. The van der Waals surface area contributed by atoms with Gasteiger partial charge in [-0.25, -0.2) is 0 Å². The fourth-order valence-electron chi connectivity index (χ4n) is 0.420. The van der Waals surface area contributed by atoms with Gasteiger partial charge in [0.1, 0.15) is 0 Å². The SMILES string of the molecule is Cl.[Se]c1ccccc1.[Zn]. The zero-order chi connectivity index (χ0) is 5.11. The molecular weight excluding hydrogens is 252 g/mol. The van der Waals surface area contributed by atoms with Crippen LogP contribution in [0.15, 0.2) is 30.3 Å². The third-order valence-electron chi connectivity index (χ3n) is 0.743. The van der Waals surface area contributed by atoms with Crippen LogP contribution in [-0.2, 0) is 19.5 Å². The summed E-state index contributed by atoms with van der Waals surface area (Å²) < 4.78 is 1.20. The van der Waals surface area contributed by atoms with Crippen molar-refractivity contribution >= 4 is 32.9 Å². The third-order valence-corrected chi connectivity index (χ3v) is 1.31. The van der Waals surface area contributed by atoms with Crippen molar-refractivity contribution in [1.82, 2.24) is 0 Å². The van der Waals surface area contributed by atoms with E-state index in [1.165, 1.54) is 4.46 Å². The molecule has 0 amide bonds. The molecule has 0 N–H and O–H groups in total. The van der Waals surface area contributed by atoms with E-state index in [2.05, 4.69) is 16.0 Å². The van der Waals surface area contributed by atoms with Crippen LogP contribution in [0.5, 0.6) is 0 Å². The zero-order valence-corrected chi connectivity index (χ0v) is 10.4. The Morgan fingerprint density at radius 3 is 1.67 bits per heavy atom. The minimum atomic E-state index is 0. The molecule has 0 aliphatic heterocycles. The van der Waals surface area contributed by atoms with Crippen LogP contribution in [0.1, 0.15) is 0 Å². The molecule has 0 aliphatic rings. The molecule has 1 radical (unpaired) electrons. The van der Waals surface area contributed by atoms with Gasteiger partial charge in [-0.1, -0.05) is 0 Å². The van der Waals surface area contributed by atoms with E-state index in [0.29, 0.717) is 0 Å². The van der Waals surface area contributed by atoms with E-state index in [1.807, 2.05) is 30.3 Å². The Morgan fingerprint density at radius 2 is 1.44 bits per heavy atom. The summed E-state index contributed by atoms with van der Waals surface area (Å²) in [7, 11) is 0. The molecule has 0 bridgehead atoms. The molecule has 0 spiro atoms. The van der Waals surface area contributed by atoms with Crippen molar-refractivity contribution in [3.63, 3.8) is 0 Å². The standard InChI is InChI=1S/C6H5Se.ClH.Zn/c7-6-4-2-1-3-5-6;;/h1-5H;1H;. The van der Waals surface area contributed by atoms with Gasteiger partial charge in [-0.05, 0) is 0 Å². The van der Waals surface area contributed by atoms with Crippen LogP contribution in [0.25, 0.3) is 0 Å². The summed E-state index contributed by atoms with van der Waals surface area (Å²) in [6, 6.07) is 10.1. The van der Waals surface area contributed by atoms with Crippen LogP contribution >= 0.6 is 12.4 Å². The number of hydrogen-bond acceptors (Lipinski definition) is 0. The largest absolute Gasteiger partial charge is 0 e. The second-order valence-corrected chi connectivity index (χ2v) is 2.30. The first-order valence-electron chi connectivity index (χ1n) is 2.11. The van der Waals surface area contributed by atoms with E-state index >= 15 is 0 Å². The third kappa shape index (κ3) is 5.12. The molecule has 0 saturated heterocycles. The molecule has 0 heterocycles. The fourth-order valence-corrected chi connectivity index (χ4v) is 0.750. The van der Waals surface area contributed by atoms with Gasteiger partial charge < -0.3 is 0 Å².